The van der Waals surface area contributed by atoms with Crippen LogP contribution in [0.2, 0.25) is 5.02 Å². The number of ether oxygens (including phenoxy) is 1. The van der Waals surface area contributed by atoms with Gasteiger partial charge in [0.1, 0.15) is 11.4 Å². The SMILES string of the molecule is O=C(COc1cccc(Cl)c1)N/N=C\c1cn(-c2ccccc2)nc1-c1ccccc1. The molecule has 0 atom stereocenters. The summed E-state index contributed by atoms with van der Waals surface area (Å²) in [5, 5.41) is 9.33. The summed E-state index contributed by atoms with van der Waals surface area (Å²) < 4.78 is 7.21. The molecule has 0 saturated carbocycles. The van der Waals surface area contributed by atoms with E-state index in [-0.39, 0.29) is 12.5 Å². The molecular formula is C24H19ClN4O2. The van der Waals surface area contributed by atoms with Crippen LogP contribution < -0.4 is 10.2 Å². The Kier molecular flexibility index (Phi) is 6.40. The first-order valence-electron chi connectivity index (χ1n) is 9.60. The Morgan fingerprint density at radius 1 is 1.03 bits per heavy atom. The van der Waals surface area contributed by atoms with Crippen molar-refractivity contribution in [2.24, 2.45) is 5.10 Å². The Balaban J connectivity index is 1.48. The lowest BCUT2D eigenvalue weighted by molar-refractivity contribution is -0.123. The second-order valence-electron chi connectivity index (χ2n) is 6.62. The third-order valence-corrected chi connectivity index (χ3v) is 4.60. The molecule has 1 amide bonds. The van der Waals surface area contributed by atoms with Gasteiger partial charge in [0.15, 0.2) is 6.61 Å². The van der Waals surface area contributed by atoms with E-state index in [0.29, 0.717) is 10.8 Å². The number of carbonyl (C=O) groups excluding carboxylic acids is 1. The number of aromatic nitrogens is 2. The maximum Gasteiger partial charge on any atom is 0.277 e. The van der Waals surface area contributed by atoms with E-state index in [4.69, 9.17) is 21.4 Å². The predicted molar refractivity (Wildman–Crippen MR) is 122 cm³/mol. The molecule has 3 aromatic carbocycles. The summed E-state index contributed by atoms with van der Waals surface area (Å²) in [6.07, 6.45) is 3.45. The molecule has 7 heteroatoms. The summed E-state index contributed by atoms with van der Waals surface area (Å²) in [6.45, 7) is -0.174. The quantitative estimate of drug-likeness (QED) is 0.340. The minimum absolute atomic E-state index is 0.174. The molecule has 1 heterocycles. The van der Waals surface area contributed by atoms with E-state index in [9.17, 15) is 4.79 Å². The van der Waals surface area contributed by atoms with Gasteiger partial charge in [-0.3, -0.25) is 4.79 Å². The molecule has 0 radical (unpaired) electrons. The first-order valence-corrected chi connectivity index (χ1v) is 9.97. The van der Waals surface area contributed by atoms with Crippen molar-refractivity contribution in [3.63, 3.8) is 0 Å². The molecule has 0 unspecified atom stereocenters. The van der Waals surface area contributed by atoms with Crippen LogP contribution in [0.3, 0.4) is 0 Å². The summed E-state index contributed by atoms with van der Waals surface area (Å²) in [4.78, 5) is 12.1. The molecule has 0 aliphatic heterocycles. The number of rotatable bonds is 7. The normalized spacial score (nSPS) is 10.9. The summed E-state index contributed by atoms with van der Waals surface area (Å²) in [5.74, 6) is 0.134. The van der Waals surface area contributed by atoms with Crippen LogP contribution in [0.1, 0.15) is 5.56 Å². The Morgan fingerprint density at radius 2 is 1.77 bits per heavy atom. The van der Waals surface area contributed by atoms with E-state index in [1.165, 1.54) is 0 Å². The molecule has 0 saturated heterocycles. The smallest absolute Gasteiger partial charge is 0.277 e. The van der Waals surface area contributed by atoms with Crippen molar-refractivity contribution in [2.75, 3.05) is 6.61 Å². The van der Waals surface area contributed by atoms with Crippen molar-refractivity contribution in [2.45, 2.75) is 0 Å². The van der Waals surface area contributed by atoms with Gasteiger partial charge in [-0.25, -0.2) is 10.1 Å². The van der Waals surface area contributed by atoms with Crippen LogP contribution in [0.5, 0.6) is 5.75 Å². The number of halogens is 1. The zero-order valence-corrected chi connectivity index (χ0v) is 17.2. The highest BCUT2D eigenvalue weighted by atomic mass is 35.5. The highest BCUT2D eigenvalue weighted by molar-refractivity contribution is 6.30. The van der Waals surface area contributed by atoms with Gasteiger partial charge in [-0.2, -0.15) is 10.2 Å². The van der Waals surface area contributed by atoms with Crippen LogP contribution in [-0.2, 0) is 4.79 Å². The second-order valence-corrected chi connectivity index (χ2v) is 7.05. The number of amides is 1. The fourth-order valence-electron chi connectivity index (χ4n) is 2.93. The van der Waals surface area contributed by atoms with Crippen LogP contribution in [0, 0.1) is 0 Å². The van der Waals surface area contributed by atoms with Gasteiger partial charge in [-0.1, -0.05) is 66.2 Å². The molecule has 31 heavy (non-hydrogen) atoms. The molecule has 0 aliphatic rings. The average Bonchev–Trinajstić information content (AvgIpc) is 3.23. The summed E-state index contributed by atoms with van der Waals surface area (Å²) in [5.41, 5.74) is 5.89. The third-order valence-electron chi connectivity index (χ3n) is 4.37. The maximum absolute atomic E-state index is 12.1. The Labute approximate surface area is 184 Å². The van der Waals surface area contributed by atoms with E-state index in [0.717, 1.165) is 22.5 Å². The van der Waals surface area contributed by atoms with Gasteiger partial charge >= 0.3 is 0 Å². The molecule has 4 aromatic rings. The van der Waals surface area contributed by atoms with Gasteiger partial charge in [-0.15, -0.1) is 0 Å². The van der Waals surface area contributed by atoms with Crippen molar-refractivity contribution in [1.82, 2.24) is 15.2 Å². The first-order chi connectivity index (χ1) is 15.2. The summed E-state index contributed by atoms with van der Waals surface area (Å²) in [6, 6.07) is 26.5. The third kappa shape index (κ3) is 5.38. The zero-order chi connectivity index (χ0) is 21.5. The number of hydrogen-bond donors (Lipinski definition) is 1. The Morgan fingerprint density at radius 3 is 2.52 bits per heavy atom. The zero-order valence-electron chi connectivity index (χ0n) is 16.5. The van der Waals surface area contributed by atoms with Crippen LogP contribution in [0.25, 0.3) is 16.9 Å². The van der Waals surface area contributed by atoms with Gasteiger partial charge in [0, 0.05) is 22.3 Å². The highest BCUT2D eigenvalue weighted by Crippen LogP contribution is 2.22. The monoisotopic (exact) mass is 430 g/mol. The molecule has 0 spiro atoms. The van der Waals surface area contributed by atoms with Crippen LogP contribution in [0.4, 0.5) is 0 Å². The Hall–Kier alpha value is -3.90. The molecule has 0 aliphatic carbocycles. The van der Waals surface area contributed by atoms with Crippen molar-refractivity contribution in [3.05, 3.63) is 102 Å². The molecule has 1 N–H and O–H groups in total. The van der Waals surface area contributed by atoms with E-state index in [1.807, 2.05) is 66.9 Å². The number of nitrogens with one attached hydrogen (secondary N) is 1. The average molecular weight is 431 g/mol. The second kappa shape index (κ2) is 9.73. The Bertz CT molecular complexity index is 1190. The minimum atomic E-state index is -0.382. The number of hydrogen-bond acceptors (Lipinski definition) is 4. The number of carbonyl (C=O) groups is 1. The lowest BCUT2D eigenvalue weighted by Crippen LogP contribution is -2.24. The van der Waals surface area contributed by atoms with Crippen LogP contribution >= 0.6 is 11.6 Å². The molecular weight excluding hydrogens is 412 g/mol. The van der Waals surface area contributed by atoms with Crippen LogP contribution in [0.15, 0.2) is 96.2 Å². The van der Waals surface area contributed by atoms with Gasteiger partial charge in [0.25, 0.3) is 5.91 Å². The lowest BCUT2D eigenvalue weighted by atomic mass is 10.1. The van der Waals surface area contributed by atoms with Crippen molar-refractivity contribution >= 4 is 23.7 Å². The van der Waals surface area contributed by atoms with Gasteiger partial charge in [0.2, 0.25) is 0 Å². The van der Waals surface area contributed by atoms with Crippen molar-refractivity contribution in [1.29, 1.82) is 0 Å². The van der Waals surface area contributed by atoms with Crippen LogP contribution in [-0.4, -0.2) is 28.5 Å². The van der Waals surface area contributed by atoms with Crippen molar-refractivity contribution < 1.29 is 9.53 Å². The fourth-order valence-corrected chi connectivity index (χ4v) is 3.11. The van der Waals surface area contributed by atoms with Gasteiger partial charge < -0.3 is 4.74 Å². The maximum atomic E-state index is 12.1. The van der Waals surface area contributed by atoms with Gasteiger partial charge in [-0.05, 0) is 30.3 Å². The molecule has 4 rings (SSSR count). The summed E-state index contributed by atoms with van der Waals surface area (Å²) >= 11 is 5.91. The topological polar surface area (TPSA) is 68.5 Å². The van der Waals surface area contributed by atoms with E-state index in [2.05, 4.69) is 10.5 Å². The number of para-hydroxylation sites is 1. The standard InChI is InChI=1S/C24H19ClN4O2/c25-20-10-7-13-22(14-20)31-17-23(30)27-26-15-19-16-29(21-11-5-2-6-12-21)28-24(19)18-8-3-1-4-9-18/h1-16H,17H2,(H,27,30)/b26-15-. The summed E-state index contributed by atoms with van der Waals surface area (Å²) in [7, 11) is 0. The minimum Gasteiger partial charge on any atom is -0.484 e. The van der Waals surface area contributed by atoms with E-state index < -0.39 is 0 Å². The molecule has 154 valence electrons. The molecule has 6 nitrogen and oxygen atoms in total. The predicted octanol–water partition coefficient (Wildman–Crippen LogP) is 4.72. The largest absolute Gasteiger partial charge is 0.484 e. The van der Waals surface area contributed by atoms with E-state index in [1.54, 1.807) is 35.2 Å². The number of hydrazone groups is 1. The number of benzene rings is 3. The highest BCUT2D eigenvalue weighted by Gasteiger charge is 2.11. The number of nitrogens with zero attached hydrogens (tertiary/aromatic N) is 3. The molecule has 0 bridgehead atoms. The molecule has 1 aromatic heterocycles. The van der Waals surface area contributed by atoms with E-state index >= 15 is 0 Å². The van der Waals surface area contributed by atoms with Gasteiger partial charge in [0.05, 0.1) is 11.9 Å². The fraction of sp³-hybridized carbons (Fsp3) is 0.0417. The van der Waals surface area contributed by atoms with Crippen molar-refractivity contribution in [3.8, 4) is 22.7 Å². The lowest BCUT2D eigenvalue weighted by Gasteiger charge is -2.04. The first kappa shape index (κ1) is 20.4. The molecule has 0 fully saturated rings.